The number of nitrogens with one attached hydrogen (secondary N) is 2. The minimum absolute atomic E-state index is 0.0108. The Bertz CT molecular complexity index is 1710. The number of anilines is 3. The van der Waals surface area contributed by atoms with Gasteiger partial charge in [-0.2, -0.15) is 5.10 Å². The number of carbonyl (C=O) groups is 2. The molecule has 0 bridgehead atoms. The Morgan fingerprint density at radius 1 is 1.07 bits per heavy atom. The number of aromatic nitrogens is 3. The average Bonchev–Trinajstić information content (AvgIpc) is 3.43. The van der Waals surface area contributed by atoms with E-state index in [9.17, 15) is 19.7 Å². The molecular weight excluding hydrogens is 546 g/mol. The van der Waals surface area contributed by atoms with Crippen LogP contribution < -0.4 is 15.5 Å². The summed E-state index contributed by atoms with van der Waals surface area (Å²) in [7, 11) is 0. The number of allylic oxidation sites excluding steroid dienone is 1. The number of para-hydroxylation sites is 2. The standard InChI is InChI=1S/C32H31N7O4/c1-32(2)15-26-30(28(40)16-32)31(22-9-13-24(14-10-22)39(42)43)38(27-6-4-3-5-25(27)36-26)18-29(41)35-23-11-7-21(8-12-23)17-37-20-33-19-34-37/h3-14,19-20,31,36H,15-18H2,1-2H3,(H,35,41). The number of fused-ring (bicyclic) bond motifs is 1. The number of hydrogen-bond acceptors (Lipinski definition) is 8. The fourth-order valence-electron chi connectivity index (χ4n) is 5.90. The molecule has 1 amide bonds. The Balaban J connectivity index is 1.36. The van der Waals surface area contributed by atoms with Gasteiger partial charge in [0.05, 0.1) is 35.4 Å². The zero-order valence-corrected chi connectivity index (χ0v) is 23.9. The molecule has 6 rings (SSSR count). The smallest absolute Gasteiger partial charge is 0.269 e. The van der Waals surface area contributed by atoms with E-state index in [1.165, 1.54) is 18.5 Å². The van der Waals surface area contributed by atoms with Crippen molar-refractivity contribution in [3.63, 3.8) is 0 Å². The van der Waals surface area contributed by atoms with Gasteiger partial charge in [0.15, 0.2) is 5.78 Å². The lowest BCUT2D eigenvalue weighted by Crippen LogP contribution is -2.40. The maximum absolute atomic E-state index is 13.8. The lowest BCUT2D eigenvalue weighted by molar-refractivity contribution is -0.384. The van der Waals surface area contributed by atoms with Crippen molar-refractivity contribution < 1.29 is 14.5 Å². The molecule has 2 N–H and O–H groups in total. The Morgan fingerprint density at radius 3 is 2.51 bits per heavy atom. The molecule has 0 fully saturated rings. The molecule has 0 saturated heterocycles. The van der Waals surface area contributed by atoms with Crippen molar-refractivity contribution in [2.75, 3.05) is 22.1 Å². The van der Waals surface area contributed by atoms with Gasteiger partial charge in [0, 0.05) is 35.5 Å². The highest BCUT2D eigenvalue weighted by molar-refractivity contribution is 6.02. The summed E-state index contributed by atoms with van der Waals surface area (Å²) in [4.78, 5) is 44.3. The second kappa shape index (κ2) is 11.2. The zero-order chi connectivity index (χ0) is 30.1. The van der Waals surface area contributed by atoms with Gasteiger partial charge >= 0.3 is 0 Å². The van der Waals surface area contributed by atoms with E-state index in [1.54, 1.807) is 23.1 Å². The van der Waals surface area contributed by atoms with E-state index in [0.717, 1.165) is 22.6 Å². The third-order valence-electron chi connectivity index (χ3n) is 7.79. The predicted molar refractivity (Wildman–Crippen MR) is 162 cm³/mol. The molecule has 1 aliphatic heterocycles. The topological polar surface area (TPSA) is 135 Å². The molecule has 11 nitrogen and oxygen atoms in total. The Labute approximate surface area is 248 Å². The van der Waals surface area contributed by atoms with E-state index in [-0.39, 0.29) is 29.3 Å². The Morgan fingerprint density at radius 2 is 1.81 bits per heavy atom. The van der Waals surface area contributed by atoms with Crippen molar-refractivity contribution in [2.24, 2.45) is 5.41 Å². The third-order valence-corrected chi connectivity index (χ3v) is 7.79. The van der Waals surface area contributed by atoms with Gasteiger partial charge < -0.3 is 15.5 Å². The molecule has 0 saturated carbocycles. The first-order valence-electron chi connectivity index (χ1n) is 14.0. The molecule has 4 aromatic rings. The van der Waals surface area contributed by atoms with Gasteiger partial charge in [-0.25, -0.2) is 9.67 Å². The maximum atomic E-state index is 13.8. The average molecular weight is 578 g/mol. The van der Waals surface area contributed by atoms with E-state index in [4.69, 9.17) is 0 Å². The first-order chi connectivity index (χ1) is 20.7. The van der Waals surface area contributed by atoms with Gasteiger partial charge in [-0.05, 0) is 59.4 Å². The van der Waals surface area contributed by atoms with Crippen molar-refractivity contribution in [3.05, 3.63) is 118 Å². The predicted octanol–water partition coefficient (Wildman–Crippen LogP) is 5.49. The van der Waals surface area contributed by atoms with Gasteiger partial charge in [-0.3, -0.25) is 19.7 Å². The molecule has 1 unspecified atom stereocenters. The summed E-state index contributed by atoms with van der Waals surface area (Å²) >= 11 is 0. The zero-order valence-electron chi connectivity index (χ0n) is 23.9. The molecule has 2 aliphatic rings. The van der Waals surface area contributed by atoms with Gasteiger partial charge in [-0.1, -0.05) is 38.1 Å². The summed E-state index contributed by atoms with van der Waals surface area (Å²) in [5.41, 5.74) is 4.97. The minimum Gasteiger partial charge on any atom is -0.357 e. The quantitative estimate of drug-likeness (QED) is 0.217. The van der Waals surface area contributed by atoms with Crippen LogP contribution in [0.5, 0.6) is 0 Å². The molecule has 2 heterocycles. The highest BCUT2D eigenvalue weighted by Gasteiger charge is 2.42. The number of rotatable bonds is 7. The van der Waals surface area contributed by atoms with Crippen LogP contribution in [-0.2, 0) is 16.1 Å². The number of benzene rings is 3. The molecule has 1 aliphatic carbocycles. The summed E-state index contributed by atoms with van der Waals surface area (Å²) in [6, 6.07) is 20.8. The second-order valence-electron chi connectivity index (χ2n) is 11.7. The van der Waals surface area contributed by atoms with E-state index in [0.29, 0.717) is 36.2 Å². The summed E-state index contributed by atoms with van der Waals surface area (Å²) in [5.74, 6) is -0.276. The number of nitrogens with zero attached hydrogens (tertiary/aromatic N) is 5. The van der Waals surface area contributed by atoms with E-state index in [1.807, 2.05) is 53.4 Å². The van der Waals surface area contributed by atoms with Gasteiger partial charge in [-0.15, -0.1) is 0 Å². The van der Waals surface area contributed by atoms with Crippen LogP contribution >= 0.6 is 0 Å². The fourth-order valence-corrected chi connectivity index (χ4v) is 5.90. The van der Waals surface area contributed by atoms with E-state index in [2.05, 4.69) is 34.6 Å². The number of carbonyl (C=O) groups excluding carboxylic acids is 2. The molecule has 11 heteroatoms. The summed E-state index contributed by atoms with van der Waals surface area (Å²) in [6.07, 6.45) is 4.13. The first-order valence-corrected chi connectivity index (χ1v) is 14.0. The highest BCUT2D eigenvalue weighted by atomic mass is 16.6. The van der Waals surface area contributed by atoms with Crippen LogP contribution in [0, 0.1) is 15.5 Å². The van der Waals surface area contributed by atoms with Crippen LogP contribution in [0.25, 0.3) is 0 Å². The van der Waals surface area contributed by atoms with Crippen molar-refractivity contribution in [1.29, 1.82) is 0 Å². The van der Waals surface area contributed by atoms with Crippen LogP contribution in [0.4, 0.5) is 22.7 Å². The van der Waals surface area contributed by atoms with Gasteiger partial charge in [0.2, 0.25) is 5.91 Å². The van der Waals surface area contributed by atoms with Crippen molar-refractivity contribution >= 4 is 34.4 Å². The third kappa shape index (κ3) is 5.87. The van der Waals surface area contributed by atoms with Crippen molar-refractivity contribution in [1.82, 2.24) is 14.8 Å². The fraction of sp³-hybridized carbons (Fsp3) is 0.250. The molecule has 1 aromatic heterocycles. The maximum Gasteiger partial charge on any atom is 0.269 e. The van der Waals surface area contributed by atoms with E-state index < -0.39 is 11.0 Å². The van der Waals surface area contributed by atoms with Crippen LogP contribution in [0.15, 0.2) is 96.7 Å². The lowest BCUT2D eigenvalue weighted by Gasteiger charge is -2.37. The number of ketones is 1. The normalized spacial score (nSPS) is 17.4. The van der Waals surface area contributed by atoms with Crippen molar-refractivity contribution in [2.45, 2.75) is 39.3 Å². The number of hydrogen-bond donors (Lipinski definition) is 2. The second-order valence-corrected chi connectivity index (χ2v) is 11.7. The number of nitro benzene ring substituents is 1. The Kier molecular flexibility index (Phi) is 7.22. The van der Waals surface area contributed by atoms with Crippen LogP contribution in [0.1, 0.15) is 43.9 Å². The molecule has 0 spiro atoms. The van der Waals surface area contributed by atoms with Crippen LogP contribution in [0.2, 0.25) is 0 Å². The number of non-ortho nitro benzene ring substituents is 1. The van der Waals surface area contributed by atoms with Gasteiger partial charge in [0.25, 0.3) is 5.69 Å². The summed E-state index contributed by atoms with van der Waals surface area (Å²) in [6.45, 7) is 4.63. The molecular formula is C32H31N7O4. The monoisotopic (exact) mass is 577 g/mol. The minimum atomic E-state index is -0.633. The molecule has 3 aromatic carbocycles. The van der Waals surface area contributed by atoms with Gasteiger partial charge in [0.1, 0.15) is 12.7 Å². The number of amides is 1. The SMILES string of the molecule is CC1(C)CC(=O)C2=C(C1)Nc1ccccc1N(CC(=O)Nc1ccc(Cn3cncn3)cc1)C2c1ccc([N+](=O)[O-])cc1. The number of nitro groups is 1. The molecule has 218 valence electrons. The van der Waals surface area contributed by atoms with Crippen molar-refractivity contribution in [3.8, 4) is 0 Å². The summed E-state index contributed by atoms with van der Waals surface area (Å²) < 4.78 is 1.72. The summed E-state index contributed by atoms with van der Waals surface area (Å²) in [5, 5.41) is 22.0. The number of Topliss-reactive ketones (excluding diaryl/α,β-unsaturated/α-hetero) is 1. The molecule has 0 radical (unpaired) electrons. The molecule has 43 heavy (non-hydrogen) atoms. The lowest BCUT2D eigenvalue weighted by atomic mass is 9.73. The highest BCUT2D eigenvalue weighted by Crippen LogP contribution is 2.48. The Hall–Kier alpha value is -5.32. The first kappa shape index (κ1) is 27.8. The largest absolute Gasteiger partial charge is 0.357 e. The van der Waals surface area contributed by atoms with Crippen LogP contribution in [-0.4, -0.2) is 37.9 Å². The molecule has 1 atom stereocenters. The van der Waals surface area contributed by atoms with E-state index >= 15 is 0 Å². The van der Waals surface area contributed by atoms with Crippen LogP contribution in [0.3, 0.4) is 0 Å².